The van der Waals surface area contributed by atoms with Gasteiger partial charge >= 0.3 is 0 Å². The Labute approximate surface area is 69.9 Å². The van der Waals surface area contributed by atoms with Crippen LogP contribution < -0.4 is 4.72 Å². The monoisotopic (exact) mass is 164 g/mol. The second-order valence-corrected chi connectivity index (χ2v) is 3.47. The molecule has 2 rings (SSSR count). The van der Waals surface area contributed by atoms with Crippen molar-refractivity contribution in [3.05, 3.63) is 28.9 Å². The zero-order valence-corrected chi connectivity index (χ0v) is 6.98. The van der Waals surface area contributed by atoms with E-state index in [-0.39, 0.29) is 0 Å². The summed E-state index contributed by atoms with van der Waals surface area (Å²) in [6.45, 7) is 2.08. The molecular weight excluding hydrogens is 156 g/mol. The number of hydrogen-bond donors (Lipinski definition) is 1. The minimum Gasteiger partial charge on any atom is -0.325 e. The van der Waals surface area contributed by atoms with Crippen LogP contribution in [0, 0.1) is 0 Å². The van der Waals surface area contributed by atoms with Crippen molar-refractivity contribution in [2.24, 2.45) is 0 Å². The summed E-state index contributed by atoms with van der Waals surface area (Å²) >= 11 is 1.64. The molecule has 0 fully saturated rings. The fourth-order valence-electron chi connectivity index (χ4n) is 0.999. The first-order chi connectivity index (χ1) is 5.36. The van der Waals surface area contributed by atoms with Gasteiger partial charge in [0, 0.05) is 22.9 Å². The fraction of sp³-hybridized carbons (Fsp3) is 0.125. The van der Waals surface area contributed by atoms with E-state index in [0.29, 0.717) is 0 Å². The van der Waals surface area contributed by atoms with Crippen LogP contribution >= 0.6 is 11.9 Å². The number of nitrogens with zero attached hydrogens (tertiary/aromatic N) is 1. The molecule has 0 saturated carbocycles. The lowest BCUT2D eigenvalue weighted by Crippen LogP contribution is -1.95. The Hall–Kier alpha value is -0.960. The smallest absolute Gasteiger partial charge is 0.0547 e. The summed E-state index contributed by atoms with van der Waals surface area (Å²) in [4.78, 5) is 5.31. The number of fused-ring (bicyclic) bond motifs is 1. The van der Waals surface area contributed by atoms with Crippen LogP contribution in [0.1, 0.15) is 12.5 Å². The van der Waals surface area contributed by atoms with Crippen LogP contribution in [0.5, 0.6) is 0 Å². The van der Waals surface area contributed by atoms with Gasteiger partial charge in [0.05, 0.1) is 5.69 Å². The van der Waals surface area contributed by atoms with Crippen molar-refractivity contribution >= 4 is 23.7 Å². The van der Waals surface area contributed by atoms with Gasteiger partial charge in [0.2, 0.25) is 0 Å². The predicted octanol–water partition coefficient (Wildman–Crippen LogP) is 2.52. The Kier molecular flexibility index (Phi) is 1.58. The molecule has 0 aliphatic carbocycles. The Morgan fingerprint density at radius 2 is 2.45 bits per heavy atom. The van der Waals surface area contributed by atoms with Gasteiger partial charge in [0.25, 0.3) is 0 Å². The molecule has 0 unspecified atom stereocenters. The van der Waals surface area contributed by atoms with Crippen LogP contribution in [-0.4, -0.2) is 4.98 Å². The highest BCUT2D eigenvalue weighted by Crippen LogP contribution is 2.30. The molecule has 0 bridgehead atoms. The molecule has 11 heavy (non-hydrogen) atoms. The van der Waals surface area contributed by atoms with Crippen molar-refractivity contribution in [3.63, 3.8) is 0 Å². The molecule has 3 heteroatoms. The first-order valence-corrected chi connectivity index (χ1v) is 4.23. The molecule has 0 spiro atoms. The van der Waals surface area contributed by atoms with E-state index in [1.807, 2.05) is 12.3 Å². The molecule has 2 heterocycles. The highest BCUT2D eigenvalue weighted by atomic mass is 32.2. The summed E-state index contributed by atoms with van der Waals surface area (Å²) in [7, 11) is 0. The molecular formula is C8H8N2S. The lowest BCUT2D eigenvalue weighted by molar-refractivity contribution is 1.32. The van der Waals surface area contributed by atoms with Gasteiger partial charge in [-0.2, -0.15) is 0 Å². The molecule has 0 radical (unpaired) electrons. The van der Waals surface area contributed by atoms with E-state index in [1.165, 1.54) is 10.5 Å². The van der Waals surface area contributed by atoms with Gasteiger partial charge in [-0.15, -0.1) is 0 Å². The third-order valence-corrected chi connectivity index (χ3v) is 2.29. The topological polar surface area (TPSA) is 24.9 Å². The van der Waals surface area contributed by atoms with E-state index in [0.717, 1.165) is 5.69 Å². The van der Waals surface area contributed by atoms with E-state index in [4.69, 9.17) is 0 Å². The zero-order valence-electron chi connectivity index (χ0n) is 6.16. The van der Waals surface area contributed by atoms with Crippen molar-refractivity contribution < 1.29 is 0 Å². The van der Waals surface area contributed by atoms with Gasteiger partial charge in [0.15, 0.2) is 0 Å². The number of pyridine rings is 1. The second-order valence-electron chi connectivity index (χ2n) is 2.42. The number of nitrogens with one attached hydrogen (secondary N) is 1. The molecule has 1 N–H and O–H groups in total. The summed E-state index contributed by atoms with van der Waals surface area (Å²) in [5.41, 5.74) is 2.32. The van der Waals surface area contributed by atoms with Crippen molar-refractivity contribution in [3.8, 4) is 0 Å². The Morgan fingerprint density at radius 3 is 3.36 bits per heavy atom. The largest absolute Gasteiger partial charge is 0.325 e. The average Bonchev–Trinajstić information content (AvgIpc) is 2.04. The summed E-state index contributed by atoms with van der Waals surface area (Å²) in [6.07, 6.45) is 5.79. The molecule has 0 amide bonds. The summed E-state index contributed by atoms with van der Waals surface area (Å²) in [6, 6.07) is 1.98. The minimum absolute atomic E-state index is 1.15. The summed E-state index contributed by atoms with van der Waals surface area (Å²) < 4.78 is 3.22. The van der Waals surface area contributed by atoms with Crippen LogP contribution in [-0.2, 0) is 0 Å². The van der Waals surface area contributed by atoms with Gasteiger partial charge in [-0.25, -0.2) is 0 Å². The van der Waals surface area contributed by atoms with Gasteiger partial charge in [-0.05, 0) is 31.0 Å². The lowest BCUT2D eigenvalue weighted by Gasteiger charge is -2.13. The maximum Gasteiger partial charge on any atom is 0.0547 e. The quantitative estimate of drug-likeness (QED) is 0.596. The number of allylic oxidation sites excluding steroid dienone is 1. The van der Waals surface area contributed by atoms with E-state index < -0.39 is 0 Å². The van der Waals surface area contributed by atoms with Gasteiger partial charge in [0.1, 0.15) is 0 Å². The Balaban J connectivity index is 2.51. The lowest BCUT2D eigenvalue weighted by atomic mass is 10.2. The third kappa shape index (κ3) is 1.24. The highest BCUT2D eigenvalue weighted by molar-refractivity contribution is 8.04. The number of aromatic nitrogens is 1. The van der Waals surface area contributed by atoms with Crippen molar-refractivity contribution in [2.75, 3.05) is 4.72 Å². The van der Waals surface area contributed by atoms with Crippen LogP contribution in [0.15, 0.2) is 23.4 Å². The van der Waals surface area contributed by atoms with Gasteiger partial charge in [-0.3, -0.25) is 4.98 Å². The van der Waals surface area contributed by atoms with Gasteiger partial charge in [-0.1, -0.05) is 0 Å². The molecule has 2 nitrogen and oxygen atoms in total. The van der Waals surface area contributed by atoms with Crippen LogP contribution in [0.25, 0.3) is 6.08 Å². The first-order valence-electron chi connectivity index (χ1n) is 3.41. The van der Waals surface area contributed by atoms with E-state index in [1.54, 1.807) is 18.1 Å². The normalized spacial score (nSPS) is 14.8. The van der Waals surface area contributed by atoms with Crippen molar-refractivity contribution in [1.29, 1.82) is 0 Å². The molecule has 56 valence electrons. The highest BCUT2D eigenvalue weighted by Gasteiger charge is 2.05. The number of anilines is 1. The maximum absolute atomic E-state index is 4.04. The molecule has 0 aromatic carbocycles. The summed E-state index contributed by atoms with van der Waals surface area (Å²) in [5.74, 6) is 0. The molecule has 1 aliphatic heterocycles. The SMILES string of the molecule is CC1=Cc2cnccc2NS1. The van der Waals surface area contributed by atoms with E-state index in [9.17, 15) is 0 Å². The van der Waals surface area contributed by atoms with E-state index in [2.05, 4.69) is 22.7 Å². The molecule has 1 aliphatic rings. The average molecular weight is 164 g/mol. The zero-order chi connectivity index (χ0) is 7.68. The third-order valence-electron chi connectivity index (χ3n) is 1.53. The molecule has 0 atom stereocenters. The fourth-order valence-corrected chi connectivity index (χ4v) is 1.64. The number of hydrogen-bond acceptors (Lipinski definition) is 3. The first kappa shape index (κ1) is 6.73. The standard InChI is InChI=1S/C8H8N2S/c1-6-4-7-5-9-3-2-8(7)10-11-6/h2-5,10H,1H3. The van der Waals surface area contributed by atoms with Crippen molar-refractivity contribution in [1.82, 2.24) is 4.98 Å². The number of rotatable bonds is 0. The molecule has 1 aromatic heterocycles. The molecule has 0 saturated heterocycles. The van der Waals surface area contributed by atoms with Gasteiger partial charge < -0.3 is 4.72 Å². The Bertz CT molecular complexity index is 307. The maximum atomic E-state index is 4.04. The minimum atomic E-state index is 1.15. The predicted molar refractivity (Wildman–Crippen MR) is 49.1 cm³/mol. The molecule has 1 aromatic rings. The van der Waals surface area contributed by atoms with Crippen LogP contribution in [0.4, 0.5) is 5.69 Å². The van der Waals surface area contributed by atoms with Crippen LogP contribution in [0.3, 0.4) is 0 Å². The van der Waals surface area contributed by atoms with Crippen LogP contribution in [0.2, 0.25) is 0 Å². The van der Waals surface area contributed by atoms with Crippen molar-refractivity contribution in [2.45, 2.75) is 6.92 Å². The Morgan fingerprint density at radius 1 is 1.55 bits per heavy atom. The second kappa shape index (κ2) is 2.58. The van der Waals surface area contributed by atoms with E-state index >= 15 is 0 Å². The summed E-state index contributed by atoms with van der Waals surface area (Å²) in [5, 5.41) is 0.